The lowest BCUT2D eigenvalue weighted by atomic mass is 10.1. The van der Waals surface area contributed by atoms with Gasteiger partial charge in [0.1, 0.15) is 18.2 Å². The number of hydrogen-bond acceptors (Lipinski definition) is 6. The highest BCUT2D eigenvalue weighted by atomic mass is 16.2. The lowest BCUT2D eigenvalue weighted by molar-refractivity contribution is -0.135. The van der Waals surface area contributed by atoms with Crippen LogP contribution >= 0.6 is 0 Å². The maximum absolute atomic E-state index is 13.2. The molecule has 0 N–H and O–H groups in total. The van der Waals surface area contributed by atoms with E-state index in [-0.39, 0.29) is 5.91 Å². The Bertz CT molecular complexity index is 895. The number of carbonyl (C=O) groups excluding carboxylic acids is 1. The third kappa shape index (κ3) is 3.17. The quantitative estimate of drug-likeness (QED) is 0.691. The van der Waals surface area contributed by atoms with Gasteiger partial charge in [-0.05, 0) is 16.0 Å². The Labute approximate surface area is 150 Å². The van der Waals surface area contributed by atoms with Crippen LogP contribution in [0.1, 0.15) is 35.6 Å². The summed E-state index contributed by atoms with van der Waals surface area (Å²) in [7, 11) is 0. The molecule has 26 heavy (non-hydrogen) atoms. The monoisotopic (exact) mass is 349 g/mol. The van der Waals surface area contributed by atoms with E-state index in [2.05, 4.69) is 25.5 Å². The Balaban J connectivity index is 1.57. The Morgan fingerprint density at radius 2 is 2.08 bits per heavy atom. The molecule has 0 aliphatic carbocycles. The van der Waals surface area contributed by atoms with Crippen LogP contribution < -0.4 is 0 Å². The summed E-state index contributed by atoms with van der Waals surface area (Å²) in [6, 6.07) is 9.40. The van der Waals surface area contributed by atoms with Gasteiger partial charge in [0.25, 0.3) is 0 Å². The van der Waals surface area contributed by atoms with Crippen molar-refractivity contribution in [2.45, 2.75) is 38.9 Å². The van der Waals surface area contributed by atoms with Crippen LogP contribution in [0.25, 0.3) is 0 Å². The summed E-state index contributed by atoms with van der Waals surface area (Å²) < 4.78 is 1.53. The van der Waals surface area contributed by atoms with Crippen LogP contribution in [0.5, 0.6) is 0 Å². The Hall–Kier alpha value is -3.16. The van der Waals surface area contributed by atoms with Crippen LogP contribution in [0.4, 0.5) is 0 Å². The molecule has 1 atom stereocenters. The van der Waals surface area contributed by atoms with Gasteiger partial charge in [-0.25, -0.2) is 14.6 Å². The molecule has 0 saturated heterocycles. The highest BCUT2D eigenvalue weighted by Crippen LogP contribution is 2.25. The molecular weight excluding hydrogens is 330 g/mol. The molecule has 1 unspecified atom stereocenters. The van der Waals surface area contributed by atoms with Gasteiger partial charge in [0.2, 0.25) is 5.91 Å². The van der Waals surface area contributed by atoms with Gasteiger partial charge in [0, 0.05) is 31.1 Å². The van der Waals surface area contributed by atoms with E-state index in [4.69, 9.17) is 0 Å². The Morgan fingerprint density at radius 3 is 2.81 bits per heavy atom. The number of carbonyl (C=O) groups is 1. The number of rotatable bonds is 5. The van der Waals surface area contributed by atoms with Crippen LogP contribution in [-0.4, -0.2) is 41.0 Å². The van der Waals surface area contributed by atoms with Gasteiger partial charge in [-0.1, -0.05) is 37.3 Å². The molecule has 1 amide bonds. The number of fused-ring (bicyclic) bond motifs is 1. The Kier molecular flexibility index (Phi) is 4.39. The van der Waals surface area contributed by atoms with Crippen LogP contribution in [-0.2, 0) is 30.7 Å². The van der Waals surface area contributed by atoms with Crippen molar-refractivity contribution in [3.63, 3.8) is 0 Å². The molecule has 0 saturated carbocycles. The first kappa shape index (κ1) is 16.3. The second kappa shape index (κ2) is 6.99. The molecule has 1 aliphatic heterocycles. The minimum Gasteiger partial charge on any atom is -0.330 e. The average molecular weight is 349 g/mol. The van der Waals surface area contributed by atoms with Crippen molar-refractivity contribution in [2.24, 2.45) is 0 Å². The minimum atomic E-state index is -0.486. The molecule has 1 aromatic carbocycles. The van der Waals surface area contributed by atoms with E-state index in [1.807, 2.05) is 43.5 Å². The predicted octanol–water partition coefficient (Wildman–Crippen LogP) is 1.35. The number of nitrogens with zero attached hydrogens (tertiary/aromatic N) is 7. The molecule has 8 nitrogen and oxygen atoms in total. The van der Waals surface area contributed by atoms with Gasteiger partial charge in [0.15, 0.2) is 0 Å². The first-order valence-corrected chi connectivity index (χ1v) is 8.63. The lowest BCUT2D eigenvalue weighted by Gasteiger charge is -2.22. The normalized spacial score (nSPS) is 14.3. The van der Waals surface area contributed by atoms with Crippen molar-refractivity contribution in [3.8, 4) is 0 Å². The number of benzene rings is 1. The molecule has 0 bridgehead atoms. The molecule has 2 aromatic heterocycles. The zero-order chi connectivity index (χ0) is 17.9. The molecule has 0 radical (unpaired) electrons. The van der Waals surface area contributed by atoms with E-state index in [9.17, 15) is 4.79 Å². The van der Waals surface area contributed by atoms with Crippen LogP contribution in [0.3, 0.4) is 0 Å². The van der Waals surface area contributed by atoms with Crippen LogP contribution in [0.15, 0.2) is 42.9 Å². The highest BCUT2D eigenvalue weighted by molar-refractivity contribution is 5.81. The summed E-state index contributed by atoms with van der Waals surface area (Å²) in [6.45, 7) is 3.04. The second-order valence-corrected chi connectivity index (χ2v) is 6.30. The van der Waals surface area contributed by atoms with E-state index in [0.29, 0.717) is 19.5 Å². The number of amides is 1. The molecule has 0 fully saturated rings. The van der Waals surface area contributed by atoms with Crippen molar-refractivity contribution < 1.29 is 4.79 Å². The summed E-state index contributed by atoms with van der Waals surface area (Å²) >= 11 is 0. The van der Waals surface area contributed by atoms with Gasteiger partial charge in [0.05, 0.1) is 12.2 Å². The standard InChI is InChI=1S/C18H19N7O/c1-2-17-19-9-14-10-24(11-15(14)21-17)18(26)16(25-12-20-22-23-25)8-13-6-4-3-5-7-13/h3-7,9,12,16H,2,8,10-11H2,1H3. The third-order valence-corrected chi connectivity index (χ3v) is 4.57. The molecule has 4 rings (SSSR count). The van der Waals surface area contributed by atoms with Crippen LogP contribution in [0.2, 0.25) is 0 Å². The number of hydrogen-bond donors (Lipinski definition) is 0. The van der Waals surface area contributed by atoms with Gasteiger partial charge >= 0.3 is 0 Å². The van der Waals surface area contributed by atoms with Gasteiger partial charge < -0.3 is 4.90 Å². The van der Waals surface area contributed by atoms with E-state index in [0.717, 1.165) is 29.1 Å². The fraction of sp³-hybridized carbons (Fsp3) is 0.333. The second-order valence-electron chi connectivity index (χ2n) is 6.30. The molecule has 3 heterocycles. The molecule has 8 heteroatoms. The SMILES string of the molecule is CCc1ncc2c(n1)CN(C(=O)C(Cc1ccccc1)n1cnnn1)C2. The first-order chi connectivity index (χ1) is 12.7. The fourth-order valence-electron chi connectivity index (χ4n) is 3.17. The molecule has 3 aromatic rings. The maximum atomic E-state index is 13.2. The van der Waals surface area contributed by atoms with E-state index >= 15 is 0 Å². The first-order valence-electron chi connectivity index (χ1n) is 8.63. The van der Waals surface area contributed by atoms with Gasteiger partial charge in [-0.3, -0.25) is 4.79 Å². The van der Waals surface area contributed by atoms with Crippen molar-refractivity contribution in [2.75, 3.05) is 0 Å². The fourth-order valence-corrected chi connectivity index (χ4v) is 3.17. The van der Waals surface area contributed by atoms with E-state index in [1.54, 1.807) is 4.90 Å². The molecule has 132 valence electrons. The minimum absolute atomic E-state index is 0.0165. The molecule has 1 aliphatic rings. The summed E-state index contributed by atoms with van der Waals surface area (Å²) in [6.07, 6.45) is 4.63. The zero-order valence-electron chi connectivity index (χ0n) is 14.5. The number of tetrazole rings is 1. The Morgan fingerprint density at radius 1 is 1.23 bits per heavy atom. The third-order valence-electron chi connectivity index (χ3n) is 4.57. The smallest absolute Gasteiger partial charge is 0.248 e. The van der Waals surface area contributed by atoms with Crippen molar-refractivity contribution in [3.05, 3.63) is 65.5 Å². The maximum Gasteiger partial charge on any atom is 0.248 e. The van der Waals surface area contributed by atoms with Crippen molar-refractivity contribution >= 4 is 5.91 Å². The number of aromatic nitrogens is 6. The van der Waals surface area contributed by atoms with Gasteiger partial charge in [-0.15, -0.1) is 5.10 Å². The van der Waals surface area contributed by atoms with Gasteiger partial charge in [-0.2, -0.15) is 0 Å². The van der Waals surface area contributed by atoms with Crippen LogP contribution in [0, 0.1) is 0 Å². The van der Waals surface area contributed by atoms with E-state index in [1.165, 1.54) is 11.0 Å². The lowest BCUT2D eigenvalue weighted by Crippen LogP contribution is -2.35. The highest BCUT2D eigenvalue weighted by Gasteiger charge is 2.32. The summed E-state index contributed by atoms with van der Waals surface area (Å²) in [5.41, 5.74) is 3.00. The summed E-state index contributed by atoms with van der Waals surface area (Å²) in [5, 5.41) is 11.4. The largest absolute Gasteiger partial charge is 0.330 e. The number of aryl methyl sites for hydroxylation is 1. The molecular formula is C18H19N7O. The van der Waals surface area contributed by atoms with Crippen molar-refractivity contribution in [1.29, 1.82) is 0 Å². The zero-order valence-corrected chi connectivity index (χ0v) is 14.5. The van der Waals surface area contributed by atoms with E-state index < -0.39 is 6.04 Å². The van der Waals surface area contributed by atoms with Crippen molar-refractivity contribution in [1.82, 2.24) is 35.1 Å². The molecule has 0 spiro atoms. The average Bonchev–Trinajstić information content (AvgIpc) is 3.35. The summed E-state index contributed by atoms with van der Waals surface area (Å²) in [4.78, 5) is 23.9. The predicted molar refractivity (Wildman–Crippen MR) is 92.7 cm³/mol. The summed E-state index contributed by atoms with van der Waals surface area (Å²) in [5.74, 6) is 0.788. The topological polar surface area (TPSA) is 89.7 Å².